The summed E-state index contributed by atoms with van der Waals surface area (Å²) in [5.41, 5.74) is 0.968. The van der Waals surface area contributed by atoms with Crippen LogP contribution in [0, 0.1) is 5.82 Å². The van der Waals surface area contributed by atoms with Gasteiger partial charge in [-0.25, -0.2) is 9.18 Å². The molecular weight excluding hydrogens is 337 g/mol. The molecule has 3 N–H and O–H groups in total. The van der Waals surface area contributed by atoms with E-state index in [1.165, 1.54) is 18.2 Å². The van der Waals surface area contributed by atoms with E-state index in [4.69, 9.17) is 4.74 Å². The van der Waals surface area contributed by atoms with E-state index in [2.05, 4.69) is 16.0 Å². The predicted molar refractivity (Wildman–Crippen MR) is 96.6 cm³/mol. The highest BCUT2D eigenvalue weighted by molar-refractivity contribution is 5.94. The molecule has 138 valence electrons. The lowest BCUT2D eigenvalue weighted by Gasteiger charge is -2.09. The molecule has 2 aromatic carbocycles. The summed E-state index contributed by atoms with van der Waals surface area (Å²) in [7, 11) is 1.60. The number of carbonyl (C=O) groups is 2. The quantitative estimate of drug-likeness (QED) is 0.634. The summed E-state index contributed by atoms with van der Waals surface area (Å²) >= 11 is 0. The predicted octanol–water partition coefficient (Wildman–Crippen LogP) is 2.45. The van der Waals surface area contributed by atoms with Gasteiger partial charge in [-0.2, -0.15) is 0 Å². The van der Waals surface area contributed by atoms with Crippen molar-refractivity contribution in [1.82, 2.24) is 16.0 Å². The molecule has 0 radical (unpaired) electrons. The lowest BCUT2D eigenvalue weighted by Crippen LogP contribution is -2.36. The molecule has 2 aromatic rings. The van der Waals surface area contributed by atoms with Crippen LogP contribution in [0.25, 0.3) is 0 Å². The van der Waals surface area contributed by atoms with Gasteiger partial charge in [-0.05, 0) is 36.2 Å². The van der Waals surface area contributed by atoms with E-state index in [9.17, 15) is 14.0 Å². The van der Waals surface area contributed by atoms with Crippen molar-refractivity contribution >= 4 is 11.9 Å². The highest BCUT2D eigenvalue weighted by Gasteiger charge is 2.09. The smallest absolute Gasteiger partial charge is 0.315 e. The van der Waals surface area contributed by atoms with Crippen molar-refractivity contribution < 1.29 is 18.7 Å². The maximum Gasteiger partial charge on any atom is 0.315 e. The van der Waals surface area contributed by atoms with Gasteiger partial charge in [0.2, 0.25) is 0 Å². The second kappa shape index (κ2) is 10.0. The molecule has 6 nitrogen and oxygen atoms in total. The normalized spacial score (nSPS) is 10.1. The maximum atomic E-state index is 13.5. The molecule has 0 fully saturated rings. The third kappa shape index (κ3) is 6.08. The number of urea groups is 1. The van der Waals surface area contributed by atoms with Crippen molar-refractivity contribution in [2.45, 2.75) is 13.0 Å². The summed E-state index contributed by atoms with van der Waals surface area (Å²) in [5.74, 6) is -0.260. The van der Waals surface area contributed by atoms with Gasteiger partial charge in [0.05, 0.1) is 12.7 Å². The van der Waals surface area contributed by atoms with Crippen molar-refractivity contribution in [2.75, 3.05) is 20.2 Å². The van der Waals surface area contributed by atoms with E-state index in [1.54, 1.807) is 13.2 Å². The lowest BCUT2D eigenvalue weighted by atomic mass is 10.2. The Hall–Kier alpha value is -3.09. The molecule has 0 spiro atoms. The van der Waals surface area contributed by atoms with E-state index in [0.29, 0.717) is 26.1 Å². The fourth-order valence-corrected chi connectivity index (χ4v) is 2.22. The molecule has 0 unspecified atom stereocenters. The first-order valence-electron chi connectivity index (χ1n) is 8.27. The van der Waals surface area contributed by atoms with E-state index in [0.717, 1.165) is 11.3 Å². The Morgan fingerprint density at radius 1 is 0.962 bits per heavy atom. The maximum absolute atomic E-state index is 13.5. The molecule has 0 aliphatic heterocycles. The summed E-state index contributed by atoms with van der Waals surface area (Å²) < 4.78 is 18.5. The molecule has 0 aliphatic rings. The van der Waals surface area contributed by atoms with Crippen molar-refractivity contribution in [3.05, 3.63) is 65.5 Å². The van der Waals surface area contributed by atoms with E-state index >= 15 is 0 Å². The number of carbonyl (C=O) groups excluding carboxylic acids is 2. The van der Waals surface area contributed by atoms with Crippen LogP contribution in [0.1, 0.15) is 22.3 Å². The molecule has 0 heterocycles. The third-order valence-electron chi connectivity index (χ3n) is 3.66. The average molecular weight is 359 g/mol. The van der Waals surface area contributed by atoms with Gasteiger partial charge in [-0.1, -0.05) is 24.3 Å². The number of ether oxygens (including phenoxy) is 1. The molecule has 0 saturated heterocycles. The number of nitrogens with one attached hydrogen (secondary N) is 3. The minimum absolute atomic E-state index is 0.0118. The van der Waals surface area contributed by atoms with Crippen molar-refractivity contribution in [3.63, 3.8) is 0 Å². The van der Waals surface area contributed by atoms with Crippen LogP contribution in [-0.4, -0.2) is 32.1 Å². The Kier molecular flexibility index (Phi) is 7.42. The highest BCUT2D eigenvalue weighted by Crippen LogP contribution is 2.10. The number of methoxy groups -OCH3 is 1. The molecule has 0 saturated carbocycles. The van der Waals surface area contributed by atoms with Gasteiger partial charge in [0.25, 0.3) is 5.91 Å². The molecule has 0 atom stereocenters. The van der Waals surface area contributed by atoms with Crippen LogP contribution in [0.5, 0.6) is 5.75 Å². The van der Waals surface area contributed by atoms with Crippen molar-refractivity contribution in [3.8, 4) is 5.75 Å². The Labute approximate surface area is 151 Å². The second-order valence-corrected chi connectivity index (χ2v) is 5.55. The second-order valence-electron chi connectivity index (χ2n) is 5.55. The van der Waals surface area contributed by atoms with Gasteiger partial charge in [-0.3, -0.25) is 4.79 Å². The molecule has 0 aromatic heterocycles. The first-order chi connectivity index (χ1) is 12.6. The SMILES string of the molecule is COc1ccc(CNC(=O)NCCCNC(=O)c2ccccc2F)cc1. The van der Waals surface area contributed by atoms with Crippen LogP contribution >= 0.6 is 0 Å². The van der Waals surface area contributed by atoms with E-state index in [1.807, 2.05) is 24.3 Å². The molecule has 7 heteroatoms. The third-order valence-corrected chi connectivity index (χ3v) is 3.66. The highest BCUT2D eigenvalue weighted by atomic mass is 19.1. The number of rotatable bonds is 8. The molecular formula is C19H22FN3O3. The topological polar surface area (TPSA) is 79.5 Å². The standard InChI is InChI=1S/C19H22FN3O3/c1-26-15-9-7-14(8-10-15)13-23-19(25)22-12-4-11-21-18(24)16-5-2-3-6-17(16)20/h2-3,5-10H,4,11-13H2,1H3,(H,21,24)(H2,22,23,25). The van der Waals surface area contributed by atoms with Crippen LogP contribution in [0.15, 0.2) is 48.5 Å². The Morgan fingerprint density at radius 3 is 2.35 bits per heavy atom. The zero-order chi connectivity index (χ0) is 18.8. The number of hydrogen-bond acceptors (Lipinski definition) is 3. The monoisotopic (exact) mass is 359 g/mol. The summed E-state index contributed by atoms with van der Waals surface area (Å²) in [6.07, 6.45) is 0.538. The van der Waals surface area contributed by atoms with E-state index in [-0.39, 0.29) is 11.6 Å². The minimum atomic E-state index is -0.555. The number of benzene rings is 2. The number of hydrogen-bond donors (Lipinski definition) is 3. The molecule has 3 amide bonds. The molecule has 26 heavy (non-hydrogen) atoms. The van der Waals surface area contributed by atoms with Gasteiger partial charge in [0.15, 0.2) is 0 Å². The molecule has 0 aliphatic carbocycles. The average Bonchev–Trinajstić information content (AvgIpc) is 2.66. The Bertz CT molecular complexity index is 735. The van der Waals surface area contributed by atoms with Crippen molar-refractivity contribution in [1.29, 1.82) is 0 Å². The van der Waals surface area contributed by atoms with Crippen LogP contribution in [0.2, 0.25) is 0 Å². The summed E-state index contributed by atoms with van der Waals surface area (Å²) in [6, 6.07) is 12.9. The van der Waals surface area contributed by atoms with E-state index < -0.39 is 11.7 Å². The fourth-order valence-electron chi connectivity index (χ4n) is 2.22. The first kappa shape index (κ1) is 19.2. The van der Waals surface area contributed by atoms with Crippen molar-refractivity contribution in [2.24, 2.45) is 0 Å². The largest absolute Gasteiger partial charge is 0.497 e. The Balaban J connectivity index is 1.59. The minimum Gasteiger partial charge on any atom is -0.497 e. The zero-order valence-corrected chi connectivity index (χ0v) is 14.5. The number of halogens is 1. The fraction of sp³-hybridized carbons (Fsp3) is 0.263. The van der Waals surface area contributed by atoms with Gasteiger partial charge in [0.1, 0.15) is 11.6 Å². The van der Waals surface area contributed by atoms with Gasteiger partial charge in [-0.15, -0.1) is 0 Å². The van der Waals surface area contributed by atoms with Crippen LogP contribution < -0.4 is 20.7 Å². The summed E-state index contributed by atoms with van der Waals surface area (Å²) in [6.45, 7) is 1.14. The summed E-state index contributed by atoms with van der Waals surface area (Å²) in [5, 5.41) is 8.06. The van der Waals surface area contributed by atoms with Crippen LogP contribution in [-0.2, 0) is 6.54 Å². The lowest BCUT2D eigenvalue weighted by molar-refractivity contribution is 0.0949. The zero-order valence-electron chi connectivity index (χ0n) is 14.5. The number of amides is 3. The van der Waals surface area contributed by atoms with Gasteiger partial charge < -0.3 is 20.7 Å². The van der Waals surface area contributed by atoms with Crippen LogP contribution in [0.3, 0.4) is 0 Å². The summed E-state index contributed by atoms with van der Waals surface area (Å²) in [4.78, 5) is 23.5. The van der Waals surface area contributed by atoms with Gasteiger partial charge >= 0.3 is 6.03 Å². The molecule has 2 rings (SSSR count). The molecule has 0 bridgehead atoms. The van der Waals surface area contributed by atoms with Crippen LogP contribution in [0.4, 0.5) is 9.18 Å². The Morgan fingerprint density at radius 2 is 1.65 bits per heavy atom. The van der Waals surface area contributed by atoms with Gasteiger partial charge in [0, 0.05) is 19.6 Å². The first-order valence-corrected chi connectivity index (χ1v) is 8.27.